The fourth-order valence-electron chi connectivity index (χ4n) is 2.69. The first-order chi connectivity index (χ1) is 16.3. The number of carbonyl (C=O) groups is 3. The number of nitrogens with one attached hydrogen (secondary N) is 2. The highest BCUT2D eigenvalue weighted by atomic mass is 35.5. The maximum absolute atomic E-state index is 12.4. The molecule has 0 heterocycles. The predicted molar refractivity (Wildman–Crippen MR) is 130 cm³/mol. The van der Waals surface area contributed by atoms with Crippen LogP contribution in [0.25, 0.3) is 0 Å². The number of aryl methyl sites for hydroxylation is 1. The van der Waals surface area contributed by atoms with Gasteiger partial charge in [0.15, 0.2) is 11.5 Å². The third-order valence-electron chi connectivity index (χ3n) is 4.46. The van der Waals surface area contributed by atoms with Crippen molar-refractivity contribution in [3.63, 3.8) is 0 Å². The summed E-state index contributed by atoms with van der Waals surface area (Å²) in [4.78, 5) is 36.4. The van der Waals surface area contributed by atoms with Gasteiger partial charge >= 0.3 is 17.8 Å². The molecule has 0 unspecified atom stereocenters. The zero-order valence-electron chi connectivity index (χ0n) is 18.1. The largest absolute Gasteiger partial charge is 0.493 e. The van der Waals surface area contributed by atoms with Gasteiger partial charge in [-0.15, -0.1) is 0 Å². The minimum Gasteiger partial charge on any atom is -0.493 e. The molecule has 8 nitrogen and oxygen atoms in total. The Labute approximate surface area is 205 Å². The number of carbonyl (C=O) groups excluding carboxylic acids is 3. The van der Waals surface area contributed by atoms with Crippen molar-refractivity contribution in [2.24, 2.45) is 5.10 Å². The summed E-state index contributed by atoms with van der Waals surface area (Å²) in [6.07, 6.45) is 1.30. The fourth-order valence-corrected chi connectivity index (χ4v) is 3.04. The number of methoxy groups -OCH3 is 1. The minimum atomic E-state index is -1.01. The van der Waals surface area contributed by atoms with Crippen molar-refractivity contribution >= 4 is 52.9 Å². The van der Waals surface area contributed by atoms with E-state index in [-0.39, 0.29) is 27.2 Å². The highest BCUT2D eigenvalue weighted by Crippen LogP contribution is 2.30. The number of nitrogens with zero attached hydrogens (tertiary/aromatic N) is 1. The first-order valence-electron chi connectivity index (χ1n) is 9.83. The lowest BCUT2D eigenvalue weighted by Crippen LogP contribution is -2.32. The number of rotatable bonds is 6. The van der Waals surface area contributed by atoms with Gasteiger partial charge in [0.05, 0.1) is 34.6 Å². The molecule has 10 heteroatoms. The fraction of sp³-hybridized carbons (Fsp3) is 0.0833. The molecule has 3 aromatic rings. The van der Waals surface area contributed by atoms with Crippen LogP contribution in [-0.4, -0.2) is 31.1 Å². The van der Waals surface area contributed by atoms with E-state index < -0.39 is 17.8 Å². The summed E-state index contributed by atoms with van der Waals surface area (Å²) in [5.41, 5.74) is 4.25. The summed E-state index contributed by atoms with van der Waals surface area (Å²) in [5.74, 6) is -2.02. The second-order valence-corrected chi connectivity index (χ2v) is 7.71. The molecule has 3 rings (SSSR count). The Balaban J connectivity index is 1.61. The number of esters is 1. The summed E-state index contributed by atoms with van der Waals surface area (Å²) in [7, 11) is 1.42. The maximum atomic E-state index is 12.4. The molecule has 34 heavy (non-hydrogen) atoms. The zero-order chi connectivity index (χ0) is 24.7. The average Bonchev–Trinajstić information content (AvgIpc) is 2.83. The average molecular weight is 500 g/mol. The quantitative estimate of drug-likeness (QED) is 0.169. The number of benzene rings is 3. The number of amides is 2. The summed E-state index contributed by atoms with van der Waals surface area (Å²) in [6, 6.07) is 16.3. The summed E-state index contributed by atoms with van der Waals surface area (Å²) in [5, 5.41) is 6.46. The van der Waals surface area contributed by atoms with Crippen LogP contribution >= 0.6 is 23.2 Å². The van der Waals surface area contributed by atoms with E-state index in [1.54, 1.807) is 36.4 Å². The molecule has 2 N–H and O–H groups in total. The van der Waals surface area contributed by atoms with Crippen LogP contribution in [-0.2, 0) is 9.59 Å². The van der Waals surface area contributed by atoms with E-state index in [0.29, 0.717) is 11.1 Å². The Hall–Kier alpha value is -3.88. The van der Waals surface area contributed by atoms with Gasteiger partial charge in [-0.1, -0.05) is 47.0 Å². The monoisotopic (exact) mass is 499 g/mol. The smallest absolute Gasteiger partial charge is 0.343 e. The lowest BCUT2D eigenvalue weighted by atomic mass is 10.1. The summed E-state index contributed by atoms with van der Waals surface area (Å²) >= 11 is 11.9. The Morgan fingerprint density at radius 3 is 2.38 bits per heavy atom. The van der Waals surface area contributed by atoms with Crippen molar-refractivity contribution in [2.75, 3.05) is 12.4 Å². The van der Waals surface area contributed by atoms with Gasteiger partial charge in [-0.2, -0.15) is 5.10 Å². The van der Waals surface area contributed by atoms with Crippen molar-refractivity contribution in [3.8, 4) is 11.5 Å². The minimum absolute atomic E-state index is 0.115. The van der Waals surface area contributed by atoms with Crippen molar-refractivity contribution in [1.82, 2.24) is 5.43 Å². The van der Waals surface area contributed by atoms with E-state index in [2.05, 4.69) is 15.8 Å². The topological polar surface area (TPSA) is 106 Å². The Bertz CT molecular complexity index is 1260. The van der Waals surface area contributed by atoms with Crippen LogP contribution in [0.2, 0.25) is 10.0 Å². The Morgan fingerprint density at radius 1 is 0.941 bits per heavy atom. The van der Waals surface area contributed by atoms with Crippen LogP contribution < -0.4 is 20.2 Å². The van der Waals surface area contributed by atoms with Gasteiger partial charge in [0.1, 0.15) is 0 Å². The van der Waals surface area contributed by atoms with Gasteiger partial charge in [0, 0.05) is 0 Å². The highest BCUT2D eigenvalue weighted by molar-refractivity contribution is 6.45. The first-order valence-corrected chi connectivity index (χ1v) is 10.6. The molecule has 0 aliphatic carbocycles. The normalized spacial score (nSPS) is 10.6. The Kier molecular flexibility index (Phi) is 8.24. The molecule has 0 spiro atoms. The van der Waals surface area contributed by atoms with Gasteiger partial charge in [-0.3, -0.25) is 9.59 Å². The standard InChI is InChI=1S/C24H19Cl2N3O5/c1-14-6-9-16(10-7-14)24(32)34-19-11-8-15(12-20(19)33-2)13-27-29-23(31)22(30)28-18-5-3-4-17(25)21(18)26/h3-13H,1-2H3,(H,28,30)(H,29,31)/b27-13+. The van der Waals surface area contributed by atoms with Crippen LogP contribution in [0, 0.1) is 6.92 Å². The molecule has 174 valence electrons. The maximum Gasteiger partial charge on any atom is 0.343 e. The molecule has 0 fully saturated rings. The molecule has 0 saturated carbocycles. The van der Waals surface area contributed by atoms with Crippen molar-refractivity contribution in [3.05, 3.63) is 87.4 Å². The number of hydrazone groups is 1. The van der Waals surface area contributed by atoms with Gasteiger partial charge in [-0.05, 0) is 55.0 Å². The molecule has 0 radical (unpaired) electrons. The molecule has 0 aliphatic heterocycles. The number of ether oxygens (including phenoxy) is 2. The van der Waals surface area contributed by atoms with E-state index in [4.69, 9.17) is 32.7 Å². The lowest BCUT2D eigenvalue weighted by molar-refractivity contribution is -0.136. The van der Waals surface area contributed by atoms with Crippen LogP contribution in [0.5, 0.6) is 11.5 Å². The van der Waals surface area contributed by atoms with Crippen LogP contribution in [0.1, 0.15) is 21.5 Å². The second kappa shape index (κ2) is 11.3. The van der Waals surface area contributed by atoms with E-state index in [1.165, 1.54) is 25.5 Å². The third-order valence-corrected chi connectivity index (χ3v) is 5.28. The van der Waals surface area contributed by atoms with Crippen LogP contribution in [0.15, 0.2) is 65.8 Å². The number of anilines is 1. The van der Waals surface area contributed by atoms with E-state index >= 15 is 0 Å². The first kappa shape index (κ1) is 24.8. The molecule has 3 aromatic carbocycles. The molecule has 0 aliphatic rings. The predicted octanol–water partition coefficient (Wildman–Crippen LogP) is 4.62. The molecule has 0 atom stereocenters. The molecular formula is C24H19Cl2N3O5. The number of halogens is 2. The third kappa shape index (κ3) is 6.34. The van der Waals surface area contributed by atoms with Crippen LogP contribution in [0.4, 0.5) is 5.69 Å². The molecule has 2 amide bonds. The molecule has 0 aromatic heterocycles. The Morgan fingerprint density at radius 2 is 1.68 bits per heavy atom. The van der Waals surface area contributed by atoms with Gasteiger partial charge in [0.25, 0.3) is 0 Å². The number of hydrogen-bond acceptors (Lipinski definition) is 6. The van der Waals surface area contributed by atoms with E-state index in [1.807, 2.05) is 19.1 Å². The van der Waals surface area contributed by atoms with Gasteiger partial charge in [0.2, 0.25) is 0 Å². The van der Waals surface area contributed by atoms with Crippen molar-refractivity contribution in [2.45, 2.75) is 6.92 Å². The zero-order valence-corrected chi connectivity index (χ0v) is 19.6. The second-order valence-electron chi connectivity index (χ2n) is 6.92. The van der Waals surface area contributed by atoms with E-state index in [0.717, 1.165) is 5.56 Å². The summed E-state index contributed by atoms with van der Waals surface area (Å²) < 4.78 is 10.7. The van der Waals surface area contributed by atoms with Crippen molar-refractivity contribution in [1.29, 1.82) is 0 Å². The highest BCUT2D eigenvalue weighted by Gasteiger charge is 2.16. The van der Waals surface area contributed by atoms with Gasteiger partial charge in [-0.25, -0.2) is 10.2 Å². The molecule has 0 bridgehead atoms. The number of hydrogen-bond donors (Lipinski definition) is 2. The van der Waals surface area contributed by atoms with E-state index in [9.17, 15) is 14.4 Å². The van der Waals surface area contributed by atoms with Crippen molar-refractivity contribution < 1.29 is 23.9 Å². The van der Waals surface area contributed by atoms with Gasteiger partial charge < -0.3 is 14.8 Å². The SMILES string of the molecule is COc1cc(/C=N/NC(=O)C(=O)Nc2cccc(Cl)c2Cl)ccc1OC(=O)c1ccc(C)cc1. The molecule has 0 saturated heterocycles. The lowest BCUT2D eigenvalue weighted by Gasteiger charge is -2.10. The van der Waals surface area contributed by atoms with Crippen LogP contribution in [0.3, 0.4) is 0 Å². The molecular weight excluding hydrogens is 481 g/mol. The summed E-state index contributed by atoms with van der Waals surface area (Å²) in [6.45, 7) is 1.92.